The molecule has 8 N–H and O–H groups in total. The summed E-state index contributed by atoms with van der Waals surface area (Å²) in [5, 5.41) is 17.1. The zero-order valence-electron chi connectivity index (χ0n) is 9.92. The molecule has 6 nitrogen and oxygen atoms in total. The summed E-state index contributed by atoms with van der Waals surface area (Å²) in [5.41, 5.74) is 16.5. The van der Waals surface area contributed by atoms with Gasteiger partial charge in [-0.15, -0.1) is 0 Å². The van der Waals surface area contributed by atoms with Crippen LogP contribution >= 0.6 is 0 Å². The Kier molecular flexibility index (Phi) is 5.84. The van der Waals surface area contributed by atoms with E-state index in [1.165, 1.54) is 6.07 Å². The number of anilines is 2. The van der Waals surface area contributed by atoms with Crippen LogP contribution in [0, 0.1) is 5.92 Å². The summed E-state index contributed by atoms with van der Waals surface area (Å²) in [6.07, 6.45) is 0. The minimum absolute atomic E-state index is 0.0208. The molecule has 1 rings (SSSR count). The third-order valence-corrected chi connectivity index (χ3v) is 2.12. The molecule has 1 atom stereocenters. The summed E-state index contributed by atoms with van der Waals surface area (Å²) in [7, 11) is 0. The first-order valence-electron chi connectivity index (χ1n) is 5.08. The number of aromatic hydroxyl groups is 1. The molecule has 0 aliphatic carbocycles. The van der Waals surface area contributed by atoms with Crippen LogP contribution < -0.4 is 17.2 Å². The van der Waals surface area contributed by atoms with E-state index in [2.05, 4.69) is 0 Å². The molecule has 0 radical (unpaired) electrons. The van der Waals surface area contributed by atoms with Gasteiger partial charge in [-0.25, -0.2) is 0 Å². The van der Waals surface area contributed by atoms with Gasteiger partial charge in [0.25, 0.3) is 0 Å². The van der Waals surface area contributed by atoms with Crippen molar-refractivity contribution in [2.75, 3.05) is 11.5 Å². The van der Waals surface area contributed by atoms with E-state index in [0.29, 0.717) is 5.69 Å². The second kappa shape index (κ2) is 6.59. The van der Waals surface area contributed by atoms with Gasteiger partial charge in [-0.3, -0.25) is 4.79 Å². The van der Waals surface area contributed by atoms with Crippen LogP contribution in [0.4, 0.5) is 11.4 Å². The van der Waals surface area contributed by atoms with Crippen LogP contribution in [0.2, 0.25) is 0 Å². The molecule has 0 bridgehead atoms. The van der Waals surface area contributed by atoms with Crippen LogP contribution in [-0.2, 0) is 4.79 Å². The molecule has 17 heavy (non-hydrogen) atoms. The van der Waals surface area contributed by atoms with E-state index in [1.807, 2.05) is 0 Å². The lowest BCUT2D eigenvalue weighted by molar-refractivity contribution is -0.139. The molecule has 6 heteroatoms. The Bertz CT molecular complexity index is 360. The summed E-state index contributed by atoms with van der Waals surface area (Å²) in [5.74, 6) is -0.873. The number of rotatable bonds is 2. The van der Waals surface area contributed by atoms with Gasteiger partial charge in [0.15, 0.2) is 0 Å². The van der Waals surface area contributed by atoms with Crippen molar-refractivity contribution in [3.63, 3.8) is 0 Å². The Morgan fingerprint density at radius 2 is 1.82 bits per heavy atom. The van der Waals surface area contributed by atoms with Crippen molar-refractivity contribution < 1.29 is 15.0 Å². The minimum Gasteiger partial charge on any atom is -0.506 e. The first kappa shape index (κ1) is 15.0. The predicted octanol–water partition coefficient (Wildman–Crippen LogP) is 0.611. The molecule has 1 aromatic carbocycles. The Hall–Kier alpha value is -1.95. The number of carbonyl (C=O) groups is 1. The van der Waals surface area contributed by atoms with Crippen molar-refractivity contribution in [1.82, 2.24) is 0 Å². The molecular formula is C11H19N3O3. The molecule has 0 heterocycles. The minimum atomic E-state index is -0.931. The van der Waals surface area contributed by atoms with Crippen molar-refractivity contribution >= 4 is 17.3 Å². The van der Waals surface area contributed by atoms with Crippen LogP contribution in [0.15, 0.2) is 18.2 Å². The summed E-state index contributed by atoms with van der Waals surface area (Å²) in [4.78, 5) is 10.0. The highest BCUT2D eigenvalue weighted by Gasteiger charge is 2.14. The average molecular weight is 241 g/mol. The van der Waals surface area contributed by atoms with Gasteiger partial charge in [0.05, 0.1) is 11.4 Å². The van der Waals surface area contributed by atoms with Gasteiger partial charge in [0.1, 0.15) is 11.8 Å². The van der Waals surface area contributed by atoms with Gasteiger partial charge in [0.2, 0.25) is 0 Å². The Morgan fingerprint density at radius 3 is 2.06 bits per heavy atom. The molecule has 0 saturated carbocycles. The second-order valence-electron chi connectivity index (χ2n) is 3.89. The number of nitrogens with two attached hydrogens (primary N) is 3. The lowest BCUT2D eigenvalue weighted by Gasteiger charge is -2.07. The van der Waals surface area contributed by atoms with Crippen LogP contribution in [0.25, 0.3) is 0 Å². The summed E-state index contributed by atoms with van der Waals surface area (Å²) >= 11 is 0. The molecular weight excluding hydrogens is 222 g/mol. The van der Waals surface area contributed by atoms with E-state index in [-0.39, 0.29) is 17.4 Å². The quantitative estimate of drug-likeness (QED) is 0.380. The summed E-state index contributed by atoms with van der Waals surface area (Å²) in [6, 6.07) is 4.05. The Morgan fingerprint density at radius 1 is 1.29 bits per heavy atom. The van der Waals surface area contributed by atoms with E-state index in [1.54, 1.807) is 26.0 Å². The van der Waals surface area contributed by atoms with Crippen LogP contribution in [0.3, 0.4) is 0 Å². The number of benzene rings is 1. The number of phenols is 1. The number of carboxylic acids is 1. The van der Waals surface area contributed by atoms with Crippen molar-refractivity contribution in [3.8, 4) is 5.75 Å². The van der Waals surface area contributed by atoms with Gasteiger partial charge >= 0.3 is 5.97 Å². The van der Waals surface area contributed by atoms with Gasteiger partial charge in [0, 0.05) is 0 Å². The molecule has 1 aromatic rings. The normalized spacial score (nSPS) is 11.5. The van der Waals surface area contributed by atoms with E-state index in [0.717, 1.165) is 0 Å². The fourth-order valence-corrected chi connectivity index (χ4v) is 0.856. The molecule has 0 fully saturated rings. The highest BCUT2D eigenvalue weighted by atomic mass is 16.4. The number of hydrogen-bond donors (Lipinski definition) is 5. The SMILES string of the molecule is CC(C)[C@H](N)C(=O)O.Nc1cccc(O)c1N. The van der Waals surface area contributed by atoms with Crippen molar-refractivity contribution in [2.45, 2.75) is 19.9 Å². The van der Waals surface area contributed by atoms with E-state index in [4.69, 9.17) is 27.4 Å². The third-order valence-electron chi connectivity index (χ3n) is 2.12. The molecule has 0 aliphatic heterocycles. The fraction of sp³-hybridized carbons (Fsp3) is 0.364. The smallest absolute Gasteiger partial charge is 0.320 e. The number of hydrogen-bond acceptors (Lipinski definition) is 5. The zero-order valence-corrected chi connectivity index (χ0v) is 9.92. The van der Waals surface area contributed by atoms with E-state index in [9.17, 15) is 4.79 Å². The van der Waals surface area contributed by atoms with E-state index < -0.39 is 12.0 Å². The number of aliphatic carboxylic acids is 1. The summed E-state index contributed by atoms with van der Waals surface area (Å²) in [6.45, 7) is 3.55. The number of phenolic OH excluding ortho intramolecular Hbond substituents is 1. The maximum absolute atomic E-state index is 10.0. The molecule has 0 saturated heterocycles. The predicted molar refractivity (Wildman–Crippen MR) is 67.4 cm³/mol. The van der Waals surface area contributed by atoms with Crippen molar-refractivity contribution in [3.05, 3.63) is 18.2 Å². The number of nitrogen functional groups attached to an aromatic ring is 2. The van der Waals surface area contributed by atoms with Gasteiger partial charge in [-0.2, -0.15) is 0 Å². The lowest BCUT2D eigenvalue weighted by atomic mass is 10.1. The van der Waals surface area contributed by atoms with Gasteiger partial charge < -0.3 is 27.4 Å². The number of carboxylic acid groups (broad SMARTS) is 1. The molecule has 0 spiro atoms. The highest BCUT2D eigenvalue weighted by molar-refractivity contribution is 5.73. The molecule has 0 amide bonds. The number of para-hydroxylation sites is 1. The van der Waals surface area contributed by atoms with Crippen LogP contribution in [0.1, 0.15) is 13.8 Å². The van der Waals surface area contributed by atoms with E-state index >= 15 is 0 Å². The Labute approximate surface area is 100 Å². The van der Waals surface area contributed by atoms with Crippen molar-refractivity contribution in [2.24, 2.45) is 11.7 Å². The molecule has 0 aliphatic rings. The largest absolute Gasteiger partial charge is 0.506 e. The monoisotopic (exact) mass is 241 g/mol. The first-order valence-corrected chi connectivity index (χ1v) is 5.08. The summed E-state index contributed by atoms with van der Waals surface area (Å²) < 4.78 is 0. The highest BCUT2D eigenvalue weighted by Crippen LogP contribution is 2.24. The maximum atomic E-state index is 10.0. The van der Waals surface area contributed by atoms with Crippen molar-refractivity contribution in [1.29, 1.82) is 0 Å². The molecule has 0 unspecified atom stereocenters. The molecule has 0 aromatic heterocycles. The zero-order chi connectivity index (χ0) is 13.6. The second-order valence-corrected chi connectivity index (χ2v) is 3.89. The van der Waals surface area contributed by atoms with Crippen LogP contribution in [-0.4, -0.2) is 22.2 Å². The average Bonchev–Trinajstić information content (AvgIpc) is 2.25. The third kappa shape index (κ3) is 5.07. The molecule has 96 valence electrons. The Balaban J connectivity index is 0.000000304. The maximum Gasteiger partial charge on any atom is 0.320 e. The van der Waals surface area contributed by atoms with Crippen LogP contribution in [0.5, 0.6) is 5.75 Å². The first-order chi connectivity index (χ1) is 7.77. The topological polar surface area (TPSA) is 136 Å². The lowest BCUT2D eigenvalue weighted by Crippen LogP contribution is -2.34. The van der Waals surface area contributed by atoms with Gasteiger partial charge in [-0.05, 0) is 18.1 Å². The van der Waals surface area contributed by atoms with Gasteiger partial charge in [-0.1, -0.05) is 19.9 Å². The fourth-order valence-electron chi connectivity index (χ4n) is 0.856. The standard InChI is InChI=1S/C6H8N2O.C5H11NO2/c7-4-2-1-3-5(9)6(4)8;1-3(2)4(6)5(7)8/h1-3,9H,7-8H2;3-4H,6H2,1-2H3,(H,7,8)/t;4-/m.0/s1.